The van der Waals surface area contributed by atoms with Crippen LogP contribution in [-0.4, -0.2) is 41.0 Å². The largest absolute Gasteiger partial charge is 0.444 e. The maximum Gasteiger partial charge on any atom is 0.408 e. The van der Waals surface area contributed by atoms with Crippen LogP contribution in [-0.2, 0) is 14.3 Å². The minimum absolute atomic E-state index is 0.0424. The molecule has 2 unspecified atom stereocenters. The number of anilines is 1. The van der Waals surface area contributed by atoms with Gasteiger partial charge in [-0.3, -0.25) is 9.59 Å². The van der Waals surface area contributed by atoms with Gasteiger partial charge in [0.25, 0.3) is 5.91 Å². The van der Waals surface area contributed by atoms with Crippen LogP contribution in [0.1, 0.15) is 74.9 Å². The summed E-state index contributed by atoms with van der Waals surface area (Å²) >= 11 is 0. The summed E-state index contributed by atoms with van der Waals surface area (Å²) in [6.07, 6.45) is -0.431. The van der Waals surface area contributed by atoms with Gasteiger partial charge in [0.05, 0.1) is 6.07 Å². The fraction of sp³-hybridized carbons (Fsp3) is 0.484. The average molecular weight is 535 g/mol. The van der Waals surface area contributed by atoms with Crippen LogP contribution in [0.2, 0.25) is 0 Å². The number of benzene rings is 2. The second-order valence-corrected chi connectivity index (χ2v) is 11.5. The lowest BCUT2D eigenvalue weighted by atomic mass is 9.95. The Balaban J connectivity index is 2.60. The molecule has 0 heterocycles. The Morgan fingerprint density at radius 3 is 2.13 bits per heavy atom. The van der Waals surface area contributed by atoms with Crippen LogP contribution in [0, 0.1) is 44.9 Å². The number of para-hydroxylation sites is 1. The molecule has 0 aromatic heterocycles. The number of aryl methyl sites for hydroxylation is 4. The van der Waals surface area contributed by atoms with Crippen molar-refractivity contribution >= 4 is 23.6 Å². The van der Waals surface area contributed by atoms with Gasteiger partial charge < -0.3 is 20.3 Å². The van der Waals surface area contributed by atoms with Crippen LogP contribution in [0.3, 0.4) is 0 Å². The van der Waals surface area contributed by atoms with Crippen LogP contribution < -0.4 is 10.6 Å². The number of carbonyl (C=O) groups is 3. The fourth-order valence-corrected chi connectivity index (χ4v) is 4.50. The Morgan fingerprint density at radius 1 is 1.00 bits per heavy atom. The first-order valence-corrected chi connectivity index (χ1v) is 13.3. The smallest absolute Gasteiger partial charge is 0.408 e. The fourth-order valence-electron chi connectivity index (χ4n) is 4.50. The lowest BCUT2D eigenvalue weighted by Crippen LogP contribution is -2.53. The molecule has 0 saturated carbocycles. The number of nitriles is 1. The quantitative estimate of drug-likeness (QED) is 0.390. The van der Waals surface area contributed by atoms with E-state index in [-0.39, 0.29) is 12.5 Å². The van der Waals surface area contributed by atoms with E-state index in [1.54, 1.807) is 20.8 Å². The molecule has 0 aliphatic rings. The Morgan fingerprint density at radius 2 is 1.62 bits per heavy atom. The molecular formula is C31H42N4O4. The number of nitrogens with one attached hydrogen (secondary N) is 2. The summed E-state index contributed by atoms with van der Waals surface area (Å²) in [4.78, 5) is 42.0. The maximum atomic E-state index is 14.1. The summed E-state index contributed by atoms with van der Waals surface area (Å²) < 4.78 is 5.40. The maximum absolute atomic E-state index is 14.1. The van der Waals surface area contributed by atoms with Gasteiger partial charge in [0.15, 0.2) is 0 Å². The molecule has 0 spiro atoms. The van der Waals surface area contributed by atoms with Crippen molar-refractivity contribution < 1.29 is 19.1 Å². The van der Waals surface area contributed by atoms with Crippen molar-refractivity contribution in [3.05, 3.63) is 64.2 Å². The predicted octanol–water partition coefficient (Wildman–Crippen LogP) is 5.89. The second-order valence-electron chi connectivity index (χ2n) is 11.5. The van der Waals surface area contributed by atoms with E-state index in [9.17, 15) is 19.6 Å². The van der Waals surface area contributed by atoms with Gasteiger partial charge in [-0.25, -0.2) is 4.79 Å². The van der Waals surface area contributed by atoms with Gasteiger partial charge in [0, 0.05) is 5.69 Å². The number of alkyl carbamates (subject to hydrolysis) is 1. The molecular weight excluding hydrogens is 492 g/mol. The first-order chi connectivity index (χ1) is 18.1. The van der Waals surface area contributed by atoms with Crippen LogP contribution >= 0.6 is 0 Å². The third kappa shape index (κ3) is 8.85. The van der Waals surface area contributed by atoms with Crippen molar-refractivity contribution in [2.75, 3.05) is 11.9 Å². The van der Waals surface area contributed by atoms with Crippen molar-refractivity contribution in [1.29, 1.82) is 5.26 Å². The number of rotatable bonds is 9. The van der Waals surface area contributed by atoms with Gasteiger partial charge in [-0.15, -0.1) is 0 Å². The molecule has 2 N–H and O–H groups in total. The van der Waals surface area contributed by atoms with Gasteiger partial charge in [-0.1, -0.05) is 55.8 Å². The van der Waals surface area contributed by atoms with Gasteiger partial charge in [0.2, 0.25) is 5.91 Å². The predicted molar refractivity (Wildman–Crippen MR) is 153 cm³/mol. The summed E-state index contributed by atoms with van der Waals surface area (Å²) in [6, 6.07) is 11.3. The molecule has 0 bridgehead atoms. The van der Waals surface area contributed by atoms with Crippen LogP contribution in [0.15, 0.2) is 36.4 Å². The van der Waals surface area contributed by atoms with Crippen molar-refractivity contribution in [2.45, 2.75) is 86.4 Å². The molecule has 39 heavy (non-hydrogen) atoms. The highest BCUT2D eigenvalue weighted by molar-refractivity contribution is 6.00. The standard InChI is InChI=1S/C31H42N4O4/c1-19(2)17-25(33-30(38)39-31(7,8)9)29(37)35(16-15-32)27(24-14-13-20(3)18-23(24)6)28(36)34-26-21(4)11-10-12-22(26)5/h10-14,18-19,25,27H,16-17H2,1-9H3,(H,33,38)(H,34,36). The molecule has 2 aromatic carbocycles. The van der Waals surface area contributed by atoms with Crippen LogP contribution in [0.4, 0.5) is 10.5 Å². The highest BCUT2D eigenvalue weighted by Gasteiger charge is 2.37. The number of carbonyl (C=O) groups excluding carboxylic acids is 3. The lowest BCUT2D eigenvalue weighted by Gasteiger charge is -2.34. The molecule has 0 radical (unpaired) electrons. The molecule has 210 valence electrons. The Hall–Kier alpha value is -3.86. The van der Waals surface area contributed by atoms with Crippen LogP contribution in [0.5, 0.6) is 0 Å². The molecule has 0 aliphatic heterocycles. The van der Waals surface area contributed by atoms with Crippen molar-refractivity contribution in [3.63, 3.8) is 0 Å². The zero-order valence-electron chi connectivity index (χ0n) is 24.6. The van der Waals surface area contributed by atoms with Gasteiger partial charge >= 0.3 is 6.09 Å². The van der Waals surface area contributed by atoms with Gasteiger partial charge in [0.1, 0.15) is 24.2 Å². The van der Waals surface area contributed by atoms with Crippen molar-refractivity contribution in [2.24, 2.45) is 5.92 Å². The summed E-state index contributed by atoms with van der Waals surface area (Å²) in [6.45, 7) is 16.4. The average Bonchev–Trinajstić information content (AvgIpc) is 2.80. The lowest BCUT2D eigenvalue weighted by molar-refractivity contribution is -0.140. The van der Waals surface area contributed by atoms with Crippen molar-refractivity contribution in [3.8, 4) is 6.07 Å². The van der Waals surface area contributed by atoms with Crippen molar-refractivity contribution in [1.82, 2.24) is 10.2 Å². The molecule has 2 rings (SSSR count). The van der Waals surface area contributed by atoms with E-state index >= 15 is 0 Å². The molecule has 0 fully saturated rings. The molecule has 2 atom stereocenters. The topological polar surface area (TPSA) is 112 Å². The van der Waals surface area contributed by atoms with E-state index in [4.69, 9.17) is 4.74 Å². The zero-order valence-corrected chi connectivity index (χ0v) is 24.6. The summed E-state index contributed by atoms with van der Waals surface area (Å²) in [7, 11) is 0. The minimum Gasteiger partial charge on any atom is -0.444 e. The third-order valence-corrected chi connectivity index (χ3v) is 6.23. The van der Waals surface area contributed by atoms with E-state index in [0.29, 0.717) is 17.7 Å². The SMILES string of the molecule is Cc1ccc(C(C(=O)Nc2c(C)cccc2C)N(CC#N)C(=O)C(CC(C)C)NC(=O)OC(C)(C)C)c(C)c1. The van der Waals surface area contributed by atoms with Gasteiger partial charge in [-0.05, 0) is 83.1 Å². The normalized spacial score (nSPS) is 12.7. The van der Waals surface area contributed by atoms with E-state index in [0.717, 1.165) is 22.3 Å². The number of hydrogen-bond acceptors (Lipinski definition) is 5. The molecule has 2 aromatic rings. The van der Waals surface area contributed by atoms with E-state index in [1.807, 2.05) is 77.9 Å². The number of ether oxygens (including phenoxy) is 1. The third-order valence-electron chi connectivity index (χ3n) is 6.23. The summed E-state index contributed by atoms with van der Waals surface area (Å²) in [5.74, 6) is -0.929. The van der Waals surface area contributed by atoms with E-state index in [1.165, 1.54) is 4.90 Å². The number of hydrogen-bond donors (Lipinski definition) is 2. The minimum atomic E-state index is -1.10. The summed E-state index contributed by atoms with van der Waals surface area (Å²) in [5, 5.41) is 15.5. The molecule has 8 heteroatoms. The van der Waals surface area contributed by atoms with E-state index in [2.05, 4.69) is 16.7 Å². The highest BCUT2D eigenvalue weighted by atomic mass is 16.6. The second kappa shape index (κ2) is 13.3. The zero-order chi connectivity index (χ0) is 29.5. The van der Waals surface area contributed by atoms with E-state index < -0.39 is 35.6 Å². The first kappa shape index (κ1) is 31.4. The van der Waals surface area contributed by atoms with Crippen LogP contribution in [0.25, 0.3) is 0 Å². The monoisotopic (exact) mass is 534 g/mol. The highest BCUT2D eigenvalue weighted by Crippen LogP contribution is 2.29. The van der Waals surface area contributed by atoms with Gasteiger partial charge in [-0.2, -0.15) is 5.26 Å². The molecule has 8 nitrogen and oxygen atoms in total. The number of nitrogens with zero attached hydrogens (tertiary/aromatic N) is 2. The number of amides is 3. The Bertz CT molecular complexity index is 1220. The molecule has 0 aliphatic carbocycles. The Labute approximate surface area is 232 Å². The Kier molecular flexibility index (Phi) is 10.7. The molecule has 0 saturated heterocycles. The summed E-state index contributed by atoms with van der Waals surface area (Å²) in [5.41, 5.74) is 4.09. The molecule has 3 amide bonds. The first-order valence-electron chi connectivity index (χ1n) is 13.3.